The maximum absolute atomic E-state index is 12.5. The third kappa shape index (κ3) is 5.60. The number of benzene rings is 2. The van der Waals surface area contributed by atoms with Crippen molar-refractivity contribution in [2.45, 2.75) is 51.2 Å². The zero-order chi connectivity index (χ0) is 21.6. The fourth-order valence-electron chi connectivity index (χ4n) is 3.86. The Labute approximate surface area is 192 Å². The van der Waals surface area contributed by atoms with E-state index in [0.717, 1.165) is 40.3 Å². The predicted molar refractivity (Wildman–Crippen MR) is 127 cm³/mol. The number of carbonyl (C=O) groups excluding carboxylic acids is 1. The van der Waals surface area contributed by atoms with Gasteiger partial charge in [0.25, 0.3) is 0 Å². The Bertz CT molecular complexity index is 1010. The van der Waals surface area contributed by atoms with Crippen LogP contribution in [0.3, 0.4) is 0 Å². The number of amides is 1. The largest absolute Gasteiger partial charge is 0.490 e. The first kappa shape index (κ1) is 21.7. The third-order valence-corrected chi connectivity index (χ3v) is 6.81. The molecule has 0 radical (unpaired) electrons. The van der Waals surface area contributed by atoms with E-state index in [2.05, 4.69) is 5.32 Å². The molecule has 1 fully saturated rings. The molecule has 1 aliphatic rings. The molecule has 0 saturated heterocycles. The highest BCUT2D eigenvalue weighted by Crippen LogP contribution is 2.35. The van der Waals surface area contributed by atoms with Gasteiger partial charge in [0.1, 0.15) is 11.9 Å². The maximum atomic E-state index is 12.5. The van der Waals surface area contributed by atoms with Crippen LogP contribution >= 0.6 is 22.9 Å². The second kappa shape index (κ2) is 10.2. The Balaban J connectivity index is 1.39. The van der Waals surface area contributed by atoms with E-state index in [9.17, 15) is 4.79 Å². The first-order valence-electron chi connectivity index (χ1n) is 10.7. The number of nitrogens with one attached hydrogen (secondary N) is 1. The molecule has 1 N–H and O–H groups in total. The van der Waals surface area contributed by atoms with Gasteiger partial charge in [-0.05, 0) is 79.9 Å². The fraction of sp³-hybridized carbons (Fsp3) is 0.320. The summed E-state index contributed by atoms with van der Waals surface area (Å²) in [5, 5.41) is 5.40. The van der Waals surface area contributed by atoms with Crippen molar-refractivity contribution in [1.82, 2.24) is 0 Å². The molecule has 162 valence electrons. The number of rotatable bonds is 6. The van der Waals surface area contributed by atoms with E-state index < -0.39 is 12.2 Å². The summed E-state index contributed by atoms with van der Waals surface area (Å²) in [5.74, 6) is 0.898. The van der Waals surface area contributed by atoms with Gasteiger partial charge < -0.3 is 9.47 Å². The number of thiophene rings is 1. The Morgan fingerprint density at radius 2 is 1.81 bits per heavy atom. The molecule has 4 nitrogen and oxygen atoms in total. The van der Waals surface area contributed by atoms with Crippen LogP contribution in [0.15, 0.2) is 60.0 Å². The van der Waals surface area contributed by atoms with E-state index in [4.69, 9.17) is 21.1 Å². The molecule has 1 heterocycles. The maximum Gasteiger partial charge on any atom is 0.412 e. The van der Waals surface area contributed by atoms with E-state index in [1.54, 1.807) is 24.3 Å². The van der Waals surface area contributed by atoms with Crippen LogP contribution in [0.25, 0.3) is 10.4 Å². The number of carbonyl (C=O) groups is 1. The minimum Gasteiger partial charge on any atom is -0.490 e. The predicted octanol–water partition coefficient (Wildman–Crippen LogP) is 8.09. The van der Waals surface area contributed by atoms with Gasteiger partial charge in [0.15, 0.2) is 0 Å². The van der Waals surface area contributed by atoms with Crippen LogP contribution in [-0.2, 0) is 4.74 Å². The summed E-state index contributed by atoms with van der Waals surface area (Å²) in [4.78, 5) is 13.5. The first-order chi connectivity index (χ1) is 15.1. The van der Waals surface area contributed by atoms with Gasteiger partial charge in [0.05, 0.1) is 16.7 Å². The van der Waals surface area contributed by atoms with Gasteiger partial charge >= 0.3 is 6.09 Å². The normalized spacial score (nSPS) is 15.3. The lowest BCUT2D eigenvalue weighted by molar-refractivity contribution is 0.121. The van der Waals surface area contributed by atoms with Crippen LogP contribution in [0, 0.1) is 0 Å². The zero-order valence-corrected chi connectivity index (χ0v) is 19.0. The molecular formula is C25H26ClNO3S. The molecule has 1 atom stereocenters. The highest BCUT2D eigenvalue weighted by atomic mass is 35.5. The highest BCUT2D eigenvalue weighted by molar-refractivity contribution is 7.14. The molecule has 1 saturated carbocycles. The number of hydrogen-bond donors (Lipinski definition) is 1. The second-order valence-corrected chi connectivity index (χ2v) is 9.08. The van der Waals surface area contributed by atoms with Gasteiger partial charge in [-0.2, -0.15) is 0 Å². The molecule has 0 spiro atoms. The summed E-state index contributed by atoms with van der Waals surface area (Å²) in [5.41, 5.74) is 2.53. The van der Waals surface area contributed by atoms with Crippen molar-refractivity contribution in [1.29, 1.82) is 0 Å². The molecular weight excluding hydrogens is 430 g/mol. The summed E-state index contributed by atoms with van der Waals surface area (Å²) in [6.07, 6.45) is 5.44. The van der Waals surface area contributed by atoms with Crippen LogP contribution < -0.4 is 10.1 Å². The molecule has 3 aromatic rings. The zero-order valence-electron chi connectivity index (χ0n) is 17.5. The van der Waals surface area contributed by atoms with E-state index in [0.29, 0.717) is 11.1 Å². The highest BCUT2D eigenvalue weighted by Gasteiger charge is 2.17. The number of hydrogen-bond acceptors (Lipinski definition) is 4. The first-order valence-corrected chi connectivity index (χ1v) is 11.9. The third-order valence-electron chi connectivity index (χ3n) is 5.50. The van der Waals surface area contributed by atoms with Gasteiger partial charge in [-0.15, -0.1) is 11.3 Å². The van der Waals surface area contributed by atoms with Crippen LogP contribution in [0.5, 0.6) is 5.75 Å². The minimum absolute atomic E-state index is 0.327. The van der Waals surface area contributed by atoms with E-state index in [1.165, 1.54) is 19.3 Å². The number of halogens is 1. The van der Waals surface area contributed by atoms with Crippen LogP contribution in [0.2, 0.25) is 5.02 Å². The van der Waals surface area contributed by atoms with Crippen LogP contribution in [0.1, 0.15) is 50.7 Å². The van der Waals surface area contributed by atoms with Crippen molar-refractivity contribution in [3.05, 3.63) is 70.6 Å². The molecule has 31 heavy (non-hydrogen) atoms. The Hall–Kier alpha value is -2.50. The van der Waals surface area contributed by atoms with E-state index in [-0.39, 0.29) is 0 Å². The summed E-state index contributed by atoms with van der Waals surface area (Å²) < 4.78 is 11.7. The van der Waals surface area contributed by atoms with E-state index >= 15 is 0 Å². The lowest BCUT2D eigenvalue weighted by atomic mass is 9.98. The van der Waals surface area contributed by atoms with Crippen molar-refractivity contribution in [3.8, 4) is 16.2 Å². The van der Waals surface area contributed by atoms with E-state index in [1.807, 2.05) is 53.9 Å². The average molecular weight is 456 g/mol. The molecule has 1 unspecified atom stereocenters. The summed E-state index contributed by atoms with van der Waals surface area (Å²) in [6.45, 7) is 1.81. The fourth-order valence-corrected chi connectivity index (χ4v) is 5.01. The molecule has 0 bridgehead atoms. The van der Waals surface area contributed by atoms with Gasteiger partial charge in [0.2, 0.25) is 0 Å². The standard InChI is InChI=1S/C25H26ClNO3S/c1-17(21-9-5-6-10-22(21)26)29-25(28)27-23-15-16-31-24(23)18-11-13-20(14-12-18)30-19-7-3-2-4-8-19/h5-6,9-17,19H,2-4,7-8H2,1H3,(H,27,28). The lowest BCUT2D eigenvalue weighted by Gasteiger charge is -2.23. The monoisotopic (exact) mass is 455 g/mol. The summed E-state index contributed by atoms with van der Waals surface area (Å²) in [6, 6.07) is 17.3. The average Bonchev–Trinajstić information content (AvgIpc) is 3.23. The van der Waals surface area contributed by atoms with Crippen molar-refractivity contribution in [2.24, 2.45) is 0 Å². The Morgan fingerprint density at radius 1 is 1.06 bits per heavy atom. The van der Waals surface area contributed by atoms with Gasteiger partial charge in [0, 0.05) is 10.6 Å². The van der Waals surface area contributed by atoms with Gasteiger partial charge in [-0.3, -0.25) is 5.32 Å². The molecule has 1 aromatic heterocycles. The SMILES string of the molecule is CC(OC(=O)Nc1ccsc1-c1ccc(OC2CCCCC2)cc1)c1ccccc1Cl. The second-order valence-electron chi connectivity index (χ2n) is 7.76. The Morgan fingerprint density at radius 3 is 2.55 bits per heavy atom. The van der Waals surface area contributed by atoms with Crippen molar-refractivity contribution >= 4 is 34.7 Å². The molecule has 0 aliphatic heterocycles. The number of anilines is 1. The molecule has 1 amide bonds. The smallest absolute Gasteiger partial charge is 0.412 e. The topological polar surface area (TPSA) is 47.6 Å². The molecule has 1 aliphatic carbocycles. The molecule has 4 rings (SSSR count). The van der Waals surface area contributed by atoms with Crippen molar-refractivity contribution in [3.63, 3.8) is 0 Å². The Kier molecular flexibility index (Phi) is 7.15. The molecule has 6 heteroatoms. The van der Waals surface area contributed by atoms with Crippen LogP contribution in [-0.4, -0.2) is 12.2 Å². The summed E-state index contributed by atoms with van der Waals surface area (Å²) in [7, 11) is 0. The minimum atomic E-state index is -0.510. The van der Waals surface area contributed by atoms with Gasteiger partial charge in [-0.25, -0.2) is 4.79 Å². The van der Waals surface area contributed by atoms with Gasteiger partial charge in [-0.1, -0.05) is 36.2 Å². The molecule has 2 aromatic carbocycles. The quantitative estimate of drug-likeness (QED) is 0.408. The summed E-state index contributed by atoms with van der Waals surface area (Å²) >= 11 is 7.78. The number of ether oxygens (including phenoxy) is 2. The van der Waals surface area contributed by atoms with Crippen molar-refractivity contribution < 1.29 is 14.3 Å². The van der Waals surface area contributed by atoms with Crippen molar-refractivity contribution in [2.75, 3.05) is 5.32 Å². The lowest BCUT2D eigenvalue weighted by Crippen LogP contribution is -2.19. The van der Waals surface area contributed by atoms with Crippen LogP contribution in [0.4, 0.5) is 10.5 Å².